The third kappa shape index (κ3) is 54.9. The number of aliphatic hydroxyl groups excluding tert-OH is 1. The van der Waals surface area contributed by atoms with E-state index in [1.54, 1.807) is 0 Å². The quantitative estimate of drug-likeness (QED) is 0.0197. The first-order valence-corrected chi connectivity index (χ1v) is 31.3. The summed E-state index contributed by atoms with van der Waals surface area (Å²) in [6.07, 6.45) is 69.2. The Morgan fingerprint density at radius 3 is 1.12 bits per heavy atom. The van der Waals surface area contributed by atoms with Crippen LogP contribution in [-0.4, -0.2) is 66.5 Å². The van der Waals surface area contributed by atoms with Gasteiger partial charge in [-0.1, -0.05) is 220 Å². The second-order valence-electron chi connectivity index (χ2n) is 19.4. The van der Waals surface area contributed by atoms with E-state index < -0.39 is 57.8 Å². The highest BCUT2D eigenvalue weighted by Crippen LogP contribution is 2.43. The van der Waals surface area contributed by atoms with Crippen LogP contribution >= 0.6 is 7.82 Å². The van der Waals surface area contributed by atoms with Crippen molar-refractivity contribution < 1.29 is 52.2 Å². The number of phosphoric ester groups is 1. The molecule has 0 fully saturated rings. The summed E-state index contributed by atoms with van der Waals surface area (Å²) in [5.41, 5.74) is 0. The molecule has 0 spiro atoms. The monoisotopic (exact) mass is 1080 g/mol. The van der Waals surface area contributed by atoms with Gasteiger partial charge < -0.3 is 24.2 Å². The minimum absolute atomic E-state index is 0.0992. The van der Waals surface area contributed by atoms with Crippen molar-refractivity contribution in [1.29, 1.82) is 0 Å². The van der Waals surface area contributed by atoms with Gasteiger partial charge in [0, 0.05) is 19.3 Å². The van der Waals surface area contributed by atoms with Crippen LogP contribution in [0.5, 0.6) is 0 Å². The molecule has 0 aliphatic carbocycles. The molecule has 0 radical (unpaired) electrons. The molecule has 11 nitrogen and oxygen atoms in total. The van der Waals surface area contributed by atoms with Crippen LogP contribution in [0.25, 0.3) is 0 Å². The van der Waals surface area contributed by atoms with Crippen LogP contribution in [0.4, 0.5) is 0 Å². The summed E-state index contributed by atoms with van der Waals surface area (Å²) >= 11 is 0. The minimum atomic E-state index is -4.78. The predicted octanol–water partition coefficient (Wildman–Crippen LogP) is 17.8. The van der Waals surface area contributed by atoms with Gasteiger partial charge in [0.2, 0.25) is 0 Å². The molecule has 12 heteroatoms. The van der Waals surface area contributed by atoms with Crippen LogP contribution in [0, 0.1) is 0 Å². The summed E-state index contributed by atoms with van der Waals surface area (Å²) in [4.78, 5) is 48.5. The zero-order valence-electron chi connectivity index (χ0n) is 47.9. The molecule has 0 saturated heterocycles. The summed E-state index contributed by atoms with van der Waals surface area (Å²) in [6, 6.07) is 0. The van der Waals surface area contributed by atoms with Gasteiger partial charge in [0.1, 0.15) is 12.7 Å². The number of phosphoric acid groups is 1. The molecule has 0 saturated carbocycles. The van der Waals surface area contributed by atoms with Crippen molar-refractivity contribution in [3.63, 3.8) is 0 Å². The Morgan fingerprint density at radius 1 is 0.382 bits per heavy atom. The van der Waals surface area contributed by atoms with Gasteiger partial charge in [0.25, 0.3) is 0 Å². The minimum Gasteiger partial charge on any atom is -0.462 e. The van der Waals surface area contributed by atoms with Crippen LogP contribution in [0.3, 0.4) is 0 Å². The van der Waals surface area contributed by atoms with Crippen LogP contribution in [0.2, 0.25) is 0 Å². The van der Waals surface area contributed by atoms with Crippen LogP contribution < -0.4 is 0 Å². The van der Waals surface area contributed by atoms with E-state index in [4.69, 9.17) is 23.3 Å². The predicted molar refractivity (Wildman–Crippen MR) is 316 cm³/mol. The van der Waals surface area contributed by atoms with Gasteiger partial charge in [-0.3, -0.25) is 23.4 Å². The second kappa shape index (κ2) is 57.3. The number of allylic oxidation sites excluding steroid dienone is 18. The molecule has 3 atom stereocenters. The SMILES string of the molecule is CC/C=C\C/C=C\C/C=C\C/C=C\CCCCCCC(=O)OC(CO)COP(=O)(O)OCC(COC(=O)CC/C=C\C/C=C\C/C=C\C/C=C\CC)OC(=O)CCCCCCCCCCC/C=C\CCCCCCCC. The fourth-order valence-corrected chi connectivity index (χ4v) is 8.49. The summed E-state index contributed by atoms with van der Waals surface area (Å²) in [6.45, 7) is 4.30. The number of esters is 3. The van der Waals surface area contributed by atoms with E-state index in [9.17, 15) is 28.9 Å². The highest BCUT2D eigenvalue weighted by molar-refractivity contribution is 7.47. The first-order valence-electron chi connectivity index (χ1n) is 29.8. The first-order chi connectivity index (χ1) is 37.2. The summed E-state index contributed by atoms with van der Waals surface area (Å²) in [5.74, 6) is -1.59. The fraction of sp³-hybridized carbons (Fsp3) is 0.672. The Kier molecular flexibility index (Phi) is 54.4. The number of hydrogen-bond acceptors (Lipinski definition) is 10. The van der Waals surface area contributed by atoms with Crippen molar-refractivity contribution in [2.45, 2.75) is 251 Å². The Morgan fingerprint density at radius 2 is 0.711 bits per heavy atom. The summed E-state index contributed by atoms with van der Waals surface area (Å²) in [7, 11) is -4.78. The zero-order valence-corrected chi connectivity index (χ0v) is 48.8. The number of carbonyl (C=O) groups is 3. The lowest BCUT2D eigenvalue weighted by atomic mass is 10.1. The van der Waals surface area contributed by atoms with Gasteiger partial charge in [-0.25, -0.2) is 4.57 Å². The molecule has 0 aromatic rings. The van der Waals surface area contributed by atoms with E-state index in [0.717, 1.165) is 96.3 Å². The average molecular weight is 1080 g/mol. The Bertz CT molecular complexity index is 1690. The van der Waals surface area contributed by atoms with Crippen molar-refractivity contribution in [3.8, 4) is 0 Å². The lowest BCUT2D eigenvalue weighted by molar-refractivity contribution is -0.161. The third-order valence-electron chi connectivity index (χ3n) is 12.2. The van der Waals surface area contributed by atoms with E-state index >= 15 is 0 Å². The van der Waals surface area contributed by atoms with Crippen molar-refractivity contribution in [2.24, 2.45) is 0 Å². The van der Waals surface area contributed by atoms with Gasteiger partial charge in [0.15, 0.2) is 6.10 Å². The topological polar surface area (TPSA) is 155 Å². The van der Waals surface area contributed by atoms with Crippen molar-refractivity contribution in [1.82, 2.24) is 0 Å². The Balaban J connectivity index is 4.78. The molecular weight excluding hydrogens is 976 g/mol. The molecule has 0 bridgehead atoms. The number of hydrogen-bond donors (Lipinski definition) is 2. The van der Waals surface area contributed by atoms with E-state index in [1.807, 2.05) is 12.2 Å². The van der Waals surface area contributed by atoms with Crippen LogP contribution in [0.1, 0.15) is 239 Å². The maximum atomic E-state index is 12.9. The van der Waals surface area contributed by atoms with Crippen LogP contribution in [-0.2, 0) is 42.2 Å². The first kappa shape index (κ1) is 72.1. The maximum Gasteiger partial charge on any atom is 0.472 e. The molecule has 0 amide bonds. The third-order valence-corrected chi connectivity index (χ3v) is 13.1. The maximum absolute atomic E-state index is 12.9. The molecule has 76 heavy (non-hydrogen) atoms. The zero-order chi connectivity index (χ0) is 55.5. The lowest BCUT2D eigenvalue weighted by Crippen LogP contribution is -2.30. The largest absolute Gasteiger partial charge is 0.472 e. The van der Waals surface area contributed by atoms with Gasteiger partial charge in [-0.15, -0.1) is 0 Å². The highest BCUT2D eigenvalue weighted by atomic mass is 31.2. The van der Waals surface area contributed by atoms with Crippen molar-refractivity contribution in [2.75, 3.05) is 26.4 Å². The van der Waals surface area contributed by atoms with Gasteiger partial charge in [-0.2, -0.15) is 0 Å². The van der Waals surface area contributed by atoms with Crippen molar-refractivity contribution >= 4 is 25.7 Å². The van der Waals surface area contributed by atoms with Gasteiger partial charge in [-0.05, 0) is 109 Å². The molecule has 0 aliphatic rings. The Hall–Kier alpha value is -3.86. The second-order valence-corrected chi connectivity index (χ2v) is 20.8. The highest BCUT2D eigenvalue weighted by Gasteiger charge is 2.28. The van der Waals surface area contributed by atoms with E-state index in [1.165, 1.54) is 83.5 Å². The average Bonchev–Trinajstić information content (AvgIpc) is 3.41. The summed E-state index contributed by atoms with van der Waals surface area (Å²) < 4.78 is 39.5. The number of ether oxygens (including phenoxy) is 3. The van der Waals surface area contributed by atoms with Gasteiger partial charge in [0.05, 0.1) is 19.8 Å². The lowest BCUT2D eigenvalue weighted by Gasteiger charge is -2.21. The molecule has 0 aliphatic heterocycles. The number of carbonyl (C=O) groups excluding carboxylic acids is 3. The number of rotatable bonds is 54. The van der Waals surface area contributed by atoms with E-state index in [0.29, 0.717) is 19.3 Å². The molecule has 2 N–H and O–H groups in total. The normalized spacial score (nSPS) is 14.1. The standard InChI is InChI=1S/C64H107O11P/c1-4-7-10-13-16-19-22-25-27-29-30-32-34-37-40-43-46-49-52-55-64(68)75-61(57-71-62(66)53-50-47-44-41-38-35-24-21-18-15-12-9-6-3)59-73-76(69,70)72-58-60(56-65)74-63(67)54-51-48-45-42-39-36-33-31-28-26-23-20-17-14-11-8-5-2/h8-9,11-12,17-18,20-21,25-28,33,35-36,38,44,47,60-61,65H,4-7,10,13-16,19,22-24,29-32,34,37,39-43,45-46,48-59H2,1-3H3,(H,69,70)/b11-8-,12-9-,20-17-,21-18-,27-25-,28-26-,36-33-,38-35-,47-44-. The molecular formula is C64H107O11P. The van der Waals surface area contributed by atoms with E-state index in [-0.39, 0.29) is 25.9 Å². The Labute approximate surface area is 463 Å². The summed E-state index contributed by atoms with van der Waals surface area (Å²) in [5, 5.41) is 9.82. The van der Waals surface area contributed by atoms with Crippen LogP contribution in [0.15, 0.2) is 109 Å². The molecule has 3 unspecified atom stereocenters. The smallest absolute Gasteiger partial charge is 0.462 e. The molecule has 0 heterocycles. The molecule has 434 valence electrons. The fourth-order valence-electron chi connectivity index (χ4n) is 7.71. The number of aliphatic hydroxyl groups is 1. The molecule has 0 aromatic heterocycles. The molecule has 0 rings (SSSR count). The van der Waals surface area contributed by atoms with E-state index in [2.05, 4.69) is 118 Å². The van der Waals surface area contributed by atoms with Gasteiger partial charge >= 0.3 is 25.7 Å². The number of unbranched alkanes of at least 4 members (excludes halogenated alkanes) is 19. The molecule has 0 aromatic carbocycles. The van der Waals surface area contributed by atoms with Crippen molar-refractivity contribution in [3.05, 3.63) is 109 Å².